The highest BCUT2D eigenvalue weighted by Crippen LogP contribution is 2.29. The summed E-state index contributed by atoms with van der Waals surface area (Å²) in [6.45, 7) is 1.97. The Morgan fingerprint density at radius 1 is 1.25 bits per heavy atom. The summed E-state index contributed by atoms with van der Waals surface area (Å²) in [5.41, 5.74) is 2.84. The van der Waals surface area contributed by atoms with Crippen LogP contribution in [0.15, 0.2) is 34.2 Å². The number of halogens is 1. The molecular formula is C11H8BrN3S. The predicted octanol–water partition coefficient (Wildman–Crippen LogP) is 3.53. The van der Waals surface area contributed by atoms with Gasteiger partial charge in [0.2, 0.25) is 0 Å². The summed E-state index contributed by atoms with van der Waals surface area (Å²) in [6.07, 6.45) is 1.93. The number of aryl methyl sites for hydroxylation is 1. The van der Waals surface area contributed by atoms with Gasteiger partial charge >= 0.3 is 0 Å². The molecule has 3 nitrogen and oxygen atoms in total. The molecule has 16 heavy (non-hydrogen) atoms. The molecular weight excluding hydrogens is 286 g/mol. The molecule has 0 amide bonds. The normalized spacial score (nSPS) is 11.1. The molecule has 0 aliphatic heterocycles. The number of nitrogens with zero attached hydrogens (tertiary/aromatic N) is 3. The van der Waals surface area contributed by atoms with Crippen LogP contribution in [0.2, 0.25) is 0 Å². The van der Waals surface area contributed by atoms with E-state index >= 15 is 0 Å². The van der Waals surface area contributed by atoms with Crippen LogP contribution >= 0.6 is 27.3 Å². The molecule has 3 aromatic heterocycles. The molecule has 0 atom stereocenters. The Morgan fingerprint density at radius 3 is 2.88 bits per heavy atom. The van der Waals surface area contributed by atoms with Gasteiger partial charge in [0, 0.05) is 0 Å². The molecule has 0 spiro atoms. The Balaban J connectivity index is 2.17. The Bertz CT molecular complexity index is 656. The van der Waals surface area contributed by atoms with Gasteiger partial charge < -0.3 is 0 Å². The summed E-state index contributed by atoms with van der Waals surface area (Å²) in [5.74, 6) is 0. The van der Waals surface area contributed by atoms with Crippen LogP contribution in [0, 0.1) is 6.92 Å². The van der Waals surface area contributed by atoms with Crippen LogP contribution in [0.4, 0.5) is 0 Å². The number of hydrogen-bond acceptors (Lipinski definition) is 3. The van der Waals surface area contributed by atoms with E-state index in [0.717, 1.165) is 25.7 Å². The lowest BCUT2D eigenvalue weighted by Gasteiger charge is -1.97. The molecule has 0 aliphatic rings. The molecule has 0 fully saturated rings. The van der Waals surface area contributed by atoms with Gasteiger partial charge in [-0.3, -0.25) is 0 Å². The number of hydrogen-bond donors (Lipinski definition) is 0. The third-order valence-corrected chi connectivity index (χ3v) is 3.91. The Morgan fingerprint density at radius 2 is 2.12 bits per heavy atom. The second-order valence-electron chi connectivity index (χ2n) is 3.51. The molecule has 0 bridgehead atoms. The van der Waals surface area contributed by atoms with E-state index in [0.29, 0.717) is 0 Å². The van der Waals surface area contributed by atoms with Crippen molar-refractivity contribution in [1.29, 1.82) is 0 Å². The average molecular weight is 294 g/mol. The first kappa shape index (κ1) is 9.99. The number of thiophene rings is 1. The van der Waals surface area contributed by atoms with Crippen molar-refractivity contribution in [3.05, 3.63) is 39.9 Å². The fourth-order valence-corrected chi connectivity index (χ4v) is 2.93. The summed E-state index contributed by atoms with van der Waals surface area (Å²) in [7, 11) is 0. The van der Waals surface area contributed by atoms with Crippen molar-refractivity contribution in [3.63, 3.8) is 0 Å². The molecule has 0 radical (unpaired) electrons. The van der Waals surface area contributed by atoms with Crippen molar-refractivity contribution >= 4 is 32.9 Å². The number of imidazole rings is 1. The molecule has 0 saturated carbocycles. The van der Waals surface area contributed by atoms with Crippen LogP contribution in [-0.4, -0.2) is 14.6 Å². The summed E-state index contributed by atoms with van der Waals surface area (Å²) in [6, 6.07) is 8.08. The van der Waals surface area contributed by atoms with Crippen molar-refractivity contribution < 1.29 is 0 Å². The molecule has 0 aliphatic carbocycles. The van der Waals surface area contributed by atoms with Crippen molar-refractivity contribution in [1.82, 2.24) is 14.6 Å². The third-order valence-electron chi connectivity index (χ3n) is 2.27. The molecule has 0 N–H and O–H groups in total. The molecule has 0 aromatic carbocycles. The van der Waals surface area contributed by atoms with Gasteiger partial charge in [-0.05, 0) is 47.1 Å². The lowest BCUT2D eigenvalue weighted by molar-refractivity contribution is 0.943. The summed E-state index contributed by atoms with van der Waals surface area (Å²) < 4.78 is 2.93. The second kappa shape index (κ2) is 3.68. The number of aromatic nitrogens is 3. The van der Waals surface area contributed by atoms with Gasteiger partial charge in [-0.1, -0.05) is 0 Å². The van der Waals surface area contributed by atoms with Gasteiger partial charge in [-0.15, -0.1) is 11.3 Å². The summed E-state index contributed by atoms with van der Waals surface area (Å²) >= 11 is 5.13. The average Bonchev–Trinajstić information content (AvgIpc) is 2.81. The SMILES string of the molecule is Cc1cn2nc(-c3ccc(Br)s3)ccc2n1. The maximum Gasteiger partial charge on any atom is 0.153 e. The van der Waals surface area contributed by atoms with Crippen LogP contribution in [-0.2, 0) is 0 Å². The molecule has 0 unspecified atom stereocenters. The first-order chi connectivity index (χ1) is 7.72. The lowest BCUT2D eigenvalue weighted by atomic mass is 10.3. The maximum atomic E-state index is 4.52. The fourth-order valence-electron chi connectivity index (χ4n) is 1.58. The van der Waals surface area contributed by atoms with E-state index in [2.05, 4.69) is 32.1 Å². The largest absolute Gasteiger partial charge is 0.232 e. The van der Waals surface area contributed by atoms with E-state index in [-0.39, 0.29) is 0 Å². The van der Waals surface area contributed by atoms with Gasteiger partial charge in [0.05, 0.1) is 20.6 Å². The molecule has 5 heteroatoms. The number of fused-ring (bicyclic) bond motifs is 1. The van der Waals surface area contributed by atoms with Gasteiger partial charge in [0.1, 0.15) is 5.69 Å². The quantitative estimate of drug-likeness (QED) is 0.687. The summed E-state index contributed by atoms with van der Waals surface area (Å²) in [5, 5.41) is 4.52. The zero-order valence-corrected chi connectivity index (χ0v) is 10.9. The monoisotopic (exact) mass is 293 g/mol. The minimum Gasteiger partial charge on any atom is -0.232 e. The molecule has 3 aromatic rings. The summed E-state index contributed by atoms with van der Waals surface area (Å²) in [4.78, 5) is 5.50. The smallest absolute Gasteiger partial charge is 0.153 e. The standard InChI is InChI=1S/C11H8BrN3S/c1-7-6-15-11(13-7)5-2-8(14-15)9-3-4-10(12)16-9/h2-6H,1H3. The first-order valence-corrected chi connectivity index (χ1v) is 6.42. The van der Waals surface area contributed by atoms with Crippen LogP contribution in [0.1, 0.15) is 5.69 Å². The highest BCUT2D eigenvalue weighted by atomic mass is 79.9. The second-order valence-corrected chi connectivity index (χ2v) is 5.97. The molecule has 3 rings (SSSR count). The van der Waals surface area contributed by atoms with Crippen LogP contribution in [0.25, 0.3) is 16.2 Å². The van der Waals surface area contributed by atoms with Crippen molar-refractivity contribution in [2.75, 3.05) is 0 Å². The predicted molar refractivity (Wildman–Crippen MR) is 68.7 cm³/mol. The van der Waals surface area contributed by atoms with Crippen molar-refractivity contribution in [2.24, 2.45) is 0 Å². The van der Waals surface area contributed by atoms with Crippen LogP contribution in [0.5, 0.6) is 0 Å². The molecule has 3 heterocycles. The first-order valence-electron chi connectivity index (χ1n) is 4.81. The van der Waals surface area contributed by atoms with E-state index in [4.69, 9.17) is 0 Å². The topological polar surface area (TPSA) is 30.2 Å². The Hall–Kier alpha value is -1.20. The highest BCUT2D eigenvalue weighted by Gasteiger charge is 2.05. The van der Waals surface area contributed by atoms with E-state index in [1.165, 1.54) is 0 Å². The van der Waals surface area contributed by atoms with Crippen molar-refractivity contribution in [2.45, 2.75) is 6.92 Å². The zero-order valence-electron chi connectivity index (χ0n) is 8.51. The maximum absolute atomic E-state index is 4.52. The van der Waals surface area contributed by atoms with E-state index in [1.54, 1.807) is 11.3 Å². The van der Waals surface area contributed by atoms with Gasteiger partial charge in [0.15, 0.2) is 5.65 Å². The highest BCUT2D eigenvalue weighted by molar-refractivity contribution is 9.11. The van der Waals surface area contributed by atoms with Crippen LogP contribution < -0.4 is 0 Å². The molecule has 80 valence electrons. The van der Waals surface area contributed by atoms with E-state index in [9.17, 15) is 0 Å². The minimum atomic E-state index is 0.886. The Kier molecular flexibility index (Phi) is 2.29. The van der Waals surface area contributed by atoms with Gasteiger partial charge in [-0.25, -0.2) is 9.50 Å². The lowest BCUT2D eigenvalue weighted by Crippen LogP contribution is -1.91. The van der Waals surface area contributed by atoms with Crippen LogP contribution in [0.3, 0.4) is 0 Å². The molecule has 0 saturated heterocycles. The zero-order chi connectivity index (χ0) is 11.1. The number of rotatable bonds is 1. The minimum absolute atomic E-state index is 0.886. The van der Waals surface area contributed by atoms with Gasteiger partial charge in [-0.2, -0.15) is 5.10 Å². The van der Waals surface area contributed by atoms with E-state index < -0.39 is 0 Å². The fraction of sp³-hybridized carbons (Fsp3) is 0.0909. The Labute approximate surface area is 105 Å². The third kappa shape index (κ3) is 1.66. The van der Waals surface area contributed by atoms with Crippen molar-refractivity contribution in [3.8, 4) is 10.6 Å². The van der Waals surface area contributed by atoms with Gasteiger partial charge in [0.25, 0.3) is 0 Å². The van der Waals surface area contributed by atoms with E-state index in [1.807, 2.05) is 35.8 Å².